The first-order valence-electron chi connectivity index (χ1n) is 3.44. The molecular weight excluding hydrogens is 180 g/mol. The van der Waals surface area contributed by atoms with E-state index in [2.05, 4.69) is 0 Å². The minimum atomic E-state index is -1.61. The molecule has 0 bridgehead atoms. The lowest BCUT2D eigenvalue weighted by atomic mass is 10.2. The van der Waals surface area contributed by atoms with Crippen molar-refractivity contribution in [3.63, 3.8) is 0 Å². The largest absolute Gasteiger partial charge is 0.480 e. The van der Waals surface area contributed by atoms with Crippen molar-refractivity contribution in [2.75, 3.05) is 6.54 Å². The molecule has 74 valence electrons. The Morgan fingerprint density at radius 3 is 2.23 bits per heavy atom. The minimum absolute atomic E-state index is 0.00560. The van der Waals surface area contributed by atoms with E-state index in [1.807, 2.05) is 5.32 Å². The zero-order valence-electron chi connectivity index (χ0n) is 6.69. The van der Waals surface area contributed by atoms with Crippen LogP contribution in [0.2, 0.25) is 0 Å². The third-order valence-corrected chi connectivity index (χ3v) is 1.25. The van der Waals surface area contributed by atoms with E-state index in [1.54, 1.807) is 0 Å². The Balaban J connectivity index is 3.62. The standard InChI is InChI=1S/C6H10N2O5/c7-3(5(10)11)1-2-8-4(9)6(12)13/h3H,1-2,7H2,(H,8,9)(H,10,11)(H,12,13)/t3-/m0/s1. The molecule has 1 atom stereocenters. The molecule has 0 radical (unpaired) electrons. The molecular formula is C6H10N2O5. The Hall–Kier alpha value is -1.63. The van der Waals surface area contributed by atoms with Gasteiger partial charge in [-0.25, -0.2) is 4.79 Å². The van der Waals surface area contributed by atoms with Crippen molar-refractivity contribution >= 4 is 17.8 Å². The highest BCUT2D eigenvalue weighted by molar-refractivity contribution is 6.31. The summed E-state index contributed by atoms with van der Waals surface area (Å²) >= 11 is 0. The molecule has 0 spiro atoms. The first kappa shape index (κ1) is 11.4. The van der Waals surface area contributed by atoms with Crippen LogP contribution >= 0.6 is 0 Å². The Kier molecular flexibility index (Phi) is 4.45. The van der Waals surface area contributed by atoms with E-state index in [4.69, 9.17) is 15.9 Å². The van der Waals surface area contributed by atoms with Gasteiger partial charge in [-0.05, 0) is 6.42 Å². The van der Waals surface area contributed by atoms with Crippen molar-refractivity contribution in [1.82, 2.24) is 5.32 Å². The molecule has 13 heavy (non-hydrogen) atoms. The van der Waals surface area contributed by atoms with Crippen LogP contribution in [0, 0.1) is 0 Å². The van der Waals surface area contributed by atoms with Crippen LogP contribution in [0.1, 0.15) is 6.42 Å². The molecule has 0 aliphatic carbocycles. The van der Waals surface area contributed by atoms with Gasteiger partial charge in [-0.2, -0.15) is 0 Å². The zero-order valence-corrected chi connectivity index (χ0v) is 6.69. The van der Waals surface area contributed by atoms with Crippen molar-refractivity contribution in [3.8, 4) is 0 Å². The second-order valence-electron chi connectivity index (χ2n) is 2.29. The van der Waals surface area contributed by atoms with E-state index in [9.17, 15) is 14.4 Å². The number of nitrogens with one attached hydrogen (secondary N) is 1. The Morgan fingerprint density at radius 1 is 1.31 bits per heavy atom. The van der Waals surface area contributed by atoms with Gasteiger partial charge < -0.3 is 21.3 Å². The highest BCUT2D eigenvalue weighted by Gasteiger charge is 2.13. The number of carbonyl (C=O) groups excluding carboxylic acids is 1. The topological polar surface area (TPSA) is 130 Å². The Labute approximate surface area is 73.5 Å². The number of carbonyl (C=O) groups is 3. The lowest BCUT2D eigenvalue weighted by Crippen LogP contribution is -2.37. The van der Waals surface area contributed by atoms with E-state index in [0.29, 0.717) is 0 Å². The lowest BCUT2D eigenvalue weighted by molar-refractivity contribution is -0.150. The summed E-state index contributed by atoms with van der Waals surface area (Å²) in [6, 6.07) is -1.09. The Bertz CT molecular complexity index is 227. The van der Waals surface area contributed by atoms with Crippen LogP contribution in [-0.2, 0) is 14.4 Å². The van der Waals surface area contributed by atoms with Crippen LogP contribution in [0.5, 0.6) is 0 Å². The lowest BCUT2D eigenvalue weighted by Gasteiger charge is -2.05. The second-order valence-corrected chi connectivity index (χ2v) is 2.29. The summed E-state index contributed by atoms with van der Waals surface area (Å²) in [4.78, 5) is 30.5. The number of nitrogens with two attached hydrogens (primary N) is 1. The van der Waals surface area contributed by atoms with Crippen molar-refractivity contribution < 1.29 is 24.6 Å². The maximum absolute atomic E-state index is 10.4. The molecule has 0 unspecified atom stereocenters. The average molecular weight is 190 g/mol. The highest BCUT2D eigenvalue weighted by Crippen LogP contribution is 1.85. The van der Waals surface area contributed by atoms with Crippen molar-refractivity contribution in [2.24, 2.45) is 5.73 Å². The first-order valence-corrected chi connectivity index (χ1v) is 3.44. The maximum atomic E-state index is 10.4. The zero-order chi connectivity index (χ0) is 10.4. The van der Waals surface area contributed by atoms with Crippen LogP contribution in [-0.4, -0.2) is 40.6 Å². The van der Waals surface area contributed by atoms with E-state index in [1.165, 1.54) is 0 Å². The van der Waals surface area contributed by atoms with Crippen LogP contribution < -0.4 is 11.1 Å². The normalized spacial score (nSPS) is 11.8. The van der Waals surface area contributed by atoms with Gasteiger partial charge in [0.2, 0.25) is 0 Å². The summed E-state index contributed by atoms with van der Waals surface area (Å²) in [5.74, 6) is -3.97. The Morgan fingerprint density at radius 2 is 1.85 bits per heavy atom. The predicted octanol–water partition coefficient (Wildman–Crippen LogP) is -2.01. The number of amides is 1. The summed E-state index contributed by atoms with van der Waals surface area (Å²) in [6.07, 6.45) is -0.00560. The highest BCUT2D eigenvalue weighted by atomic mass is 16.4. The molecule has 0 heterocycles. The van der Waals surface area contributed by atoms with Gasteiger partial charge in [-0.1, -0.05) is 0 Å². The van der Waals surface area contributed by atoms with Gasteiger partial charge in [-0.3, -0.25) is 9.59 Å². The van der Waals surface area contributed by atoms with E-state index < -0.39 is 23.9 Å². The molecule has 0 aliphatic rings. The van der Waals surface area contributed by atoms with Crippen molar-refractivity contribution in [3.05, 3.63) is 0 Å². The summed E-state index contributed by atoms with van der Waals surface area (Å²) in [6.45, 7) is -0.0708. The van der Waals surface area contributed by atoms with Crippen LogP contribution in [0.15, 0.2) is 0 Å². The van der Waals surface area contributed by atoms with Crippen molar-refractivity contribution in [1.29, 1.82) is 0 Å². The molecule has 0 saturated heterocycles. The molecule has 0 aliphatic heterocycles. The van der Waals surface area contributed by atoms with Gasteiger partial charge in [0.25, 0.3) is 0 Å². The van der Waals surface area contributed by atoms with E-state index in [0.717, 1.165) is 0 Å². The monoisotopic (exact) mass is 190 g/mol. The molecule has 1 amide bonds. The molecule has 7 heteroatoms. The van der Waals surface area contributed by atoms with Crippen molar-refractivity contribution in [2.45, 2.75) is 12.5 Å². The van der Waals surface area contributed by atoms with E-state index in [-0.39, 0.29) is 13.0 Å². The van der Waals surface area contributed by atoms with Gasteiger partial charge in [0.1, 0.15) is 6.04 Å². The number of aliphatic carboxylic acids is 2. The minimum Gasteiger partial charge on any atom is -0.480 e. The number of rotatable bonds is 4. The molecule has 0 aromatic carbocycles. The molecule has 0 aromatic rings. The first-order chi connectivity index (χ1) is 5.95. The molecule has 0 aromatic heterocycles. The van der Waals surface area contributed by atoms with Gasteiger partial charge >= 0.3 is 17.8 Å². The third-order valence-electron chi connectivity index (χ3n) is 1.25. The maximum Gasteiger partial charge on any atom is 0.394 e. The summed E-state index contributed by atoms with van der Waals surface area (Å²) in [5, 5.41) is 18.4. The smallest absolute Gasteiger partial charge is 0.394 e. The fourth-order valence-electron chi connectivity index (χ4n) is 0.540. The molecule has 5 N–H and O–H groups in total. The quantitative estimate of drug-likeness (QED) is 0.379. The molecule has 0 saturated carbocycles. The van der Waals surface area contributed by atoms with Crippen LogP contribution in [0.3, 0.4) is 0 Å². The average Bonchev–Trinajstić information content (AvgIpc) is 2.03. The summed E-state index contributed by atoms with van der Waals surface area (Å²) < 4.78 is 0. The predicted molar refractivity (Wildman–Crippen MR) is 40.9 cm³/mol. The van der Waals surface area contributed by atoms with Gasteiger partial charge in [0, 0.05) is 6.54 Å². The fraction of sp³-hybridized carbons (Fsp3) is 0.500. The SMILES string of the molecule is N[C@@H](CCNC(=O)C(=O)O)C(=O)O. The number of carboxylic acids is 2. The molecule has 0 rings (SSSR count). The van der Waals surface area contributed by atoms with Gasteiger partial charge in [0.15, 0.2) is 0 Å². The van der Waals surface area contributed by atoms with E-state index >= 15 is 0 Å². The van der Waals surface area contributed by atoms with Gasteiger partial charge in [-0.15, -0.1) is 0 Å². The number of carboxylic acid groups (broad SMARTS) is 2. The molecule has 7 nitrogen and oxygen atoms in total. The second kappa shape index (κ2) is 5.09. The fourth-order valence-corrected chi connectivity index (χ4v) is 0.540. The molecule has 0 fully saturated rings. The summed E-state index contributed by atoms with van der Waals surface area (Å²) in [5.41, 5.74) is 5.08. The summed E-state index contributed by atoms with van der Waals surface area (Å²) in [7, 11) is 0. The number of hydrogen-bond donors (Lipinski definition) is 4. The van der Waals surface area contributed by atoms with Crippen LogP contribution in [0.4, 0.5) is 0 Å². The van der Waals surface area contributed by atoms with Gasteiger partial charge in [0.05, 0.1) is 0 Å². The third kappa shape index (κ3) is 4.75. The van der Waals surface area contributed by atoms with Crippen LogP contribution in [0.25, 0.3) is 0 Å². The number of hydrogen-bond acceptors (Lipinski definition) is 4.